The molecule has 1 rings (SSSR count). The first-order valence-corrected chi connectivity index (χ1v) is 6.22. The van der Waals surface area contributed by atoms with Crippen molar-refractivity contribution in [1.29, 1.82) is 0 Å². The van der Waals surface area contributed by atoms with E-state index in [9.17, 15) is 9.59 Å². The molecule has 0 radical (unpaired) electrons. The number of carbonyl (C=O) groups is 2. The van der Waals surface area contributed by atoms with E-state index in [4.69, 9.17) is 15.6 Å². The van der Waals surface area contributed by atoms with E-state index in [1.54, 1.807) is 24.3 Å². The summed E-state index contributed by atoms with van der Waals surface area (Å²) in [4.78, 5) is 23.1. The maximum Gasteiger partial charge on any atom is 0.251 e. The average molecular weight is 281 g/mol. The zero-order chi connectivity index (χ0) is 14.8. The van der Waals surface area contributed by atoms with Crippen molar-refractivity contribution in [2.24, 2.45) is 0 Å². The number of nitrogens with two attached hydrogens (primary N) is 1. The van der Waals surface area contributed by atoms with Gasteiger partial charge in [0.05, 0.1) is 26.4 Å². The Balaban J connectivity index is 2.20. The van der Waals surface area contributed by atoms with Crippen LogP contribution in [0.5, 0.6) is 0 Å². The van der Waals surface area contributed by atoms with Gasteiger partial charge in [-0.25, -0.2) is 0 Å². The van der Waals surface area contributed by atoms with Crippen LogP contribution >= 0.6 is 0 Å². The maximum atomic E-state index is 11.7. The summed E-state index contributed by atoms with van der Waals surface area (Å²) >= 11 is 0. The quantitative estimate of drug-likeness (QED) is 0.365. The molecule has 0 aromatic heterocycles. The lowest BCUT2D eigenvalue weighted by molar-refractivity contribution is -0.120. The van der Waals surface area contributed by atoms with Crippen molar-refractivity contribution < 1.29 is 19.4 Å². The maximum absolute atomic E-state index is 11.7. The Morgan fingerprint density at radius 3 is 2.50 bits per heavy atom. The fourth-order valence-electron chi connectivity index (χ4n) is 1.39. The molecule has 0 saturated carbocycles. The summed E-state index contributed by atoms with van der Waals surface area (Å²) in [5, 5.41) is 13.6. The first-order chi connectivity index (χ1) is 9.63. The van der Waals surface area contributed by atoms with Crippen LogP contribution in [0.4, 0.5) is 5.69 Å². The number of ether oxygens (including phenoxy) is 1. The van der Waals surface area contributed by atoms with Gasteiger partial charge in [-0.3, -0.25) is 9.59 Å². The van der Waals surface area contributed by atoms with Crippen LogP contribution in [0.3, 0.4) is 0 Å². The van der Waals surface area contributed by atoms with Crippen molar-refractivity contribution in [3.63, 3.8) is 0 Å². The van der Waals surface area contributed by atoms with Gasteiger partial charge in [0.1, 0.15) is 0 Å². The van der Waals surface area contributed by atoms with Gasteiger partial charge < -0.3 is 26.2 Å². The lowest BCUT2D eigenvalue weighted by Gasteiger charge is -2.07. The summed E-state index contributed by atoms with van der Waals surface area (Å²) in [6.07, 6.45) is 0. The number of carbonyl (C=O) groups excluding carboxylic acids is 2. The third-order valence-corrected chi connectivity index (χ3v) is 2.39. The minimum absolute atomic E-state index is 0.0500. The fourth-order valence-corrected chi connectivity index (χ4v) is 1.39. The van der Waals surface area contributed by atoms with E-state index in [-0.39, 0.29) is 31.6 Å². The van der Waals surface area contributed by atoms with E-state index >= 15 is 0 Å². The molecule has 0 heterocycles. The molecule has 0 spiro atoms. The molecule has 0 aliphatic rings. The van der Waals surface area contributed by atoms with E-state index in [0.717, 1.165) is 0 Å². The summed E-state index contributed by atoms with van der Waals surface area (Å²) in [7, 11) is 0. The Bertz CT molecular complexity index is 434. The van der Waals surface area contributed by atoms with Crippen LogP contribution in [0.2, 0.25) is 0 Å². The summed E-state index contributed by atoms with van der Waals surface area (Å²) in [5.41, 5.74) is 6.53. The molecule has 0 unspecified atom stereocenters. The molecule has 5 N–H and O–H groups in total. The number of nitrogens with one attached hydrogen (secondary N) is 2. The second kappa shape index (κ2) is 8.89. The van der Waals surface area contributed by atoms with Gasteiger partial charge >= 0.3 is 0 Å². The van der Waals surface area contributed by atoms with Crippen LogP contribution in [0.15, 0.2) is 24.3 Å². The molecule has 0 aliphatic carbocycles. The van der Waals surface area contributed by atoms with Crippen LogP contribution < -0.4 is 16.4 Å². The van der Waals surface area contributed by atoms with Gasteiger partial charge in [-0.15, -0.1) is 0 Å². The molecule has 7 nitrogen and oxygen atoms in total. The zero-order valence-electron chi connectivity index (χ0n) is 11.1. The Morgan fingerprint density at radius 2 is 1.85 bits per heavy atom. The zero-order valence-corrected chi connectivity index (χ0v) is 11.1. The van der Waals surface area contributed by atoms with Crippen molar-refractivity contribution in [1.82, 2.24) is 10.6 Å². The summed E-state index contributed by atoms with van der Waals surface area (Å²) in [6.45, 7) is 0.729. The first-order valence-electron chi connectivity index (χ1n) is 6.22. The van der Waals surface area contributed by atoms with Gasteiger partial charge in [0.25, 0.3) is 5.91 Å². The minimum Gasteiger partial charge on any atom is -0.399 e. The number of aliphatic hydroxyl groups excluding tert-OH is 1. The molecular formula is C13H19N3O4. The molecular weight excluding hydrogens is 262 g/mol. The van der Waals surface area contributed by atoms with Gasteiger partial charge in [0.2, 0.25) is 5.91 Å². The second-order valence-electron chi connectivity index (χ2n) is 3.99. The lowest BCUT2D eigenvalue weighted by atomic mass is 10.2. The van der Waals surface area contributed by atoms with E-state index in [1.807, 2.05) is 0 Å². The topological polar surface area (TPSA) is 114 Å². The van der Waals surface area contributed by atoms with Gasteiger partial charge in [-0.05, 0) is 24.3 Å². The lowest BCUT2D eigenvalue weighted by Crippen LogP contribution is -2.38. The Kier molecular flexibility index (Phi) is 7.08. The highest BCUT2D eigenvalue weighted by molar-refractivity contribution is 5.96. The van der Waals surface area contributed by atoms with Crippen LogP contribution in [-0.4, -0.2) is 49.8 Å². The second-order valence-corrected chi connectivity index (χ2v) is 3.99. The largest absolute Gasteiger partial charge is 0.399 e. The van der Waals surface area contributed by atoms with E-state index in [2.05, 4.69) is 10.6 Å². The molecule has 7 heteroatoms. The molecule has 110 valence electrons. The van der Waals surface area contributed by atoms with Crippen LogP contribution in [0, 0.1) is 0 Å². The monoisotopic (exact) mass is 281 g/mol. The fraction of sp³-hybridized carbons (Fsp3) is 0.385. The van der Waals surface area contributed by atoms with Crippen LogP contribution in [-0.2, 0) is 9.53 Å². The highest BCUT2D eigenvalue weighted by Crippen LogP contribution is 2.04. The van der Waals surface area contributed by atoms with Gasteiger partial charge in [0.15, 0.2) is 0 Å². The number of rotatable bonds is 8. The summed E-state index contributed by atoms with van der Waals surface area (Å²) < 4.78 is 4.98. The Morgan fingerprint density at radius 1 is 1.15 bits per heavy atom. The van der Waals surface area contributed by atoms with Crippen LogP contribution in [0.25, 0.3) is 0 Å². The minimum atomic E-state index is -0.336. The smallest absolute Gasteiger partial charge is 0.251 e. The van der Waals surface area contributed by atoms with Crippen molar-refractivity contribution in [2.75, 3.05) is 38.6 Å². The molecule has 0 saturated heterocycles. The average Bonchev–Trinajstić information content (AvgIpc) is 2.45. The number of benzene rings is 1. The number of amides is 2. The van der Waals surface area contributed by atoms with Gasteiger partial charge in [0, 0.05) is 17.8 Å². The van der Waals surface area contributed by atoms with E-state index < -0.39 is 0 Å². The third-order valence-electron chi connectivity index (χ3n) is 2.39. The molecule has 0 aliphatic heterocycles. The summed E-state index contributed by atoms with van der Waals surface area (Å²) in [6, 6.07) is 6.41. The van der Waals surface area contributed by atoms with Gasteiger partial charge in [-0.1, -0.05) is 0 Å². The number of anilines is 1. The van der Waals surface area contributed by atoms with Crippen molar-refractivity contribution in [2.45, 2.75) is 0 Å². The molecule has 0 bridgehead atoms. The van der Waals surface area contributed by atoms with Crippen molar-refractivity contribution in [3.05, 3.63) is 29.8 Å². The molecule has 20 heavy (non-hydrogen) atoms. The predicted octanol–water partition coefficient (Wildman–Crippen LogP) is -0.876. The predicted molar refractivity (Wildman–Crippen MR) is 74.1 cm³/mol. The molecule has 1 aromatic carbocycles. The normalized spacial score (nSPS) is 10.1. The SMILES string of the molecule is Nc1ccc(C(=O)NCC(=O)NCCOCCO)cc1. The molecule has 1 aromatic rings. The number of nitrogen functional groups attached to an aromatic ring is 1. The highest BCUT2D eigenvalue weighted by atomic mass is 16.5. The molecule has 0 fully saturated rings. The Hall–Kier alpha value is -2.12. The van der Waals surface area contributed by atoms with Crippen molar-refractivity contribution >= 4 is 17.5 Å². The molecule has 0 atom stereocenters. The molecule has 2 amide bonds. The van der Waals surface area contributed by atoms with Crippen LogP contribution in [0.1, 0.15) is 10.4 Å². The first kappa shape index (κ1) is 15.9. The summed E-state index contributed by atoms with van der Waals surface area (Å²) in [5.74, 6) is -0.641. The van der Waals surface area contributed by atoms with Gasteiger partial charge in [-0.2, -0.15) is 0 Å². The number of hydrogen-bond acceptors (Lipinski definition) is 5. The van der Waals surface area contributed by atoms with Crippen molar-refractivity contribution in [3.8, 4) is 0 Å². The Labute approximate surface area is 117 Å². The highest BCUT2D eigenvalue weighted by Gasteiger charge is 2.07. The standard InChI is InChI=1S/C13H19N3O4/c14-11-3-1-10(2-4-11)13(19)16-9-12(18)15-5-7-20-8-6-17/h1-4,17H,5-9,14H2,(H,15,18)(H,16,19). The number of aliphatic hydroxyl groups is 1. The third kappa shape index (κ3) is 6.17. The number of hydrogen-bond donors (Lipinski definition) is 4. The van der Waals surface area contributed by atoms with E-state index in [0.29, 0.717) is 24.4 Å². The van der Waals surface area contributed by atoms with E-state index in [1.165, 1.54) is 0 Å².